The Morgan fingerprint density at radius 2 is 1.67 bits per heavy atom. The summed E-state index contributed by atoms with van der Waals surface area (Å²) >= 11 is 0. The number of nitrogens with two attached hydrogens (primary N) is 1. The molecule has 0 saturated heterocycles. The van der Waals surface area contributed by atoms with Gasteiger partial charge in [-0.05, 0) is 43.2 Å². The Kier molecular flexibility index (Phi) is 4.29. The molecule has 1 heterocycles. The molecule has 112 valence electrons. The minimum atomic E-state index is -4.43. The van der Waals surface area contributed by atoms with Crippen LogP contribution in [-0.2, 0) is 6.18 Å². The predicted molar refractivity (Wildman–Crippen MR) is 74.3 cm³/mol. The van der Waals surface area contributed by atoms with E-state index >= 15 is 0 Å². The summed E-state index contributed by atoms with van der Waals surface area (Å²) < 4.78 is 39.4. The van der Waals surface area contributed by atoms with Crippen LogP contribution in [0.4, 0.5) is 13.2 Å². The van der Waals surface area contributed by atoms with Gasteiger partial charge in [0, 0.05) is 11.4 Å². The van der Waals surface area contributed by atoms with E-state index in [1.807, 2.05) is 0 Å². The van der Waals surface area contributed by atoms with Gasteiger partial charge in [0.25, 0.3) is 0 Å². The number of halogens is 3. The molecule has 3 nitrogen and oxygen atoms in total. The molecule has 0 aliphatic rings. The number of rotatable bonds is 3. The van der Waals surface area contributed by atoms with E-state index in [2.05, 4.69) is 10.4 Å². The second kappa shape index (κ2) is 5.83. The molecule has 0 bridgehead atoms. The maximum atomic E-state index is 13.1. The summed E-state index contributed by atoms with van der Waals surface area (Å²) in [7, 11) is 0. The number of nitrogens with one attached hydrogen (secondary N) is 1. The summed E-state index contributed by atoms with van der Waals surface area (Å²) in [5.74, 6) is 5.51. The van der Waals surface area contributed by atoms with Crippen molar-refractivity contribution in [1.29, 1.82) is 0 Å². The van der Waals surface area contributed by atoms with Gasteiger partial charge in [0.1, 0.15) is 0 Å². The maximum Gasteiger partial charge on any atom is 0.416 e. The van der Waals surface area contributed by atoms with Gasteiger partial charge in [-0.2, -0.15) is 13.2 Å². The van der Waals surface area contributed by atoms with Gasteiger partial charge in [0.2, 0.25) is 0 Å². The van der Waals surface area contributed by atoms with Crippen LogP contribution in [0, 0.1) is 13.8 Å². The standard InChI is InChI=1S/C15H16F3N3/c1-9-7-11(8-10(2)20-9)14(21-19)12-5-3-4-6-13(12)15(16,17)18/h3-8,14,21H,19H2,1-2H3. The quantitative estimate of drug-likeness (QED) is 0.675. The van der Waals surface area contributed by atoms with Gasteiger partial charge in [-0.15, -0.1) is 0 Å². The molecule has 0 spiro atoms. The van der Waals surface area contributed by atoms with Gasteiger partial charge >= 0.3 is 6.18 Å². The van der Waals surface area contributed by atoms with E-state index in [1.54, 1.807) is 32.0 Å². The minimum Gasteiger partial charge on any atom is -0.271 e. The molecule has 2 aromatic rings. The van der Waals surface area contributed by atoms with Gasteiger partial charge < -0.3 is 0 Å². The molecule has 6 heteroatoms. The van der Waals surface area contributed by atoms with E-state index < -0.39 is 17.8 Å². The Morgan fingerprint density at radius 3 is 2.19 bits per heavy atom. The monoisotopic (exact) mass is 295 g/mol. The molecule has 21 heavy (non-hydrogen) atoms. The summed E-state index contributed by atoms with van der Waals surface area (Å²) in [4.78, 5) is 4.23. The average Bonchev–Trinajstić information content (AvgIpc) is 2.38. The highest BCUT2D eigenvalue weighted by Crippen LogP contribution is 2.36. The summed E-state index contributed by atoms with van der Waals surface area (Å²) in [5.41, 5.74) is 3.99. The molecular weight excluding hydrogens is 279 g/mol. The molecule has 0 fully saturated rings. The fraction of sp³-hybridized carbons (Fsp3) is 0.267. The van der Waals surface area contributed by atoms with Crippen molar-refractivity contribution >= 4 is 0 Å². The molecule has 0 amide bonds. The number of benzene rings is 1. The first-order valence-corrected chi connectivity index (χ1v) is 6.40. The lowest BCUT2D eigenvalue weighted by atomic mass is 9.94. The fourth-order valence-electron chi connectivity index (χ4n) is 2.41. The second-order valence-electron chi connectivity index (χ2n) is 4.87. The van der Waals surface area contributed by atoms with Crippen molar-refractivity contribution in [1.82, 2.24) is 10.4 Å². The maximum absolute atomic E-state index is 13.1. The Morgan fingerprint density at radius 1 is 1.10 bits per heavy atom. The number of hydrogen-bond donors (Lipinski definition) is 2. The van der Waals surface area contributed by atoms with Crippen LogP contribution in [-0.4, -0.2) is 4.98 Å². The lowest BCUT2D eigenvalue weighted by Gasteiger charge is -2.22. The average molecular weight is 295 g/mol. The molecule has 1 atom stereocenters. The molecule has 1 unspecified atom stereocenters. The lowest BCUT2D eigenvalue weighted by Crippen LogP contribution is -2.30. The first kappa shape index (κ1) is 15.5. The van der Waals surface area contributed by atoms with Crippen molar-refractivity contribution in [3.05, 3.63) is 64.5 Å². The zero-order valence-electron chi connectivity index (χ0n) is 11.7. The number of aryl methyl sites for hydroxylation is 2. The summed E-state index contributed by atoms with van der Waals surface area (Å²) in [5, 5.41) is 0. The third-order valence-electron chi connectivity index (χ3n) is 3.18. The first-order chi connectivity index (χ1) is 9.82. The molecule has 1 aromatic heterocycles. The van der Waals surface area contributed by atoms with Gasteiger partial charge in [-0.3, -0.25) is 10.8 Å². The molecule has 0 aliphatic heterocycles. The Hall–Kier alpha value is -1.92. The highest BCUT2D eigenvalue weighted by molar-refractivity contribution is 5.39. The Balaban J connectivity index is 2.57. The van der Waals surface area contributed by atoms with Gasteiger partial charge in [0.05, 0.1) is 11.6 Å². The zero-order chi connectivity index (χ0) is 15.6. The smallest absolute Gasteiger partial charge is 0.271 e. The van der Waals surface area contributed by atoms with Gasteiger partial charge in [0.15, 0.2) is 0 Å². The zero-order valence-corrected chi connectivity index (χ0v) is 11.7. The third kappa shape index (κ3) is 3.40. The highest BCUT2D eigenvalue weighted by atomic mass is 19.4. The topological polar surface area (TPSA) is 50.9 Å². The SMILES string of the molecule is Cc1cc(C(NN)c2ccccc2C(F)(F)F)cc(C)n1. The van der Waals surface area contributed by atoms with Gasteiger partial charge in [-0.1, -0.05) is 18.2 Å². The van der Waals surface area contributed by atoms with Crippen LogP contribution < -0.4 is 11.3 Å². The normalized spacial score (nSPS) is 13.2. The van der Waals surface area contributed by atoms with E-state index in [1.165, 1.54) is 12.1 Å². The minimum absolute atomic E-state index is 0.0949. The number of alkyl halides is 3. The van der Waals surface area contributed by atoms with Crippen molar-refractivity contribution in [3.8, 4) is 0 Å². The largest absolute Gasteiger partial charge is 0.416 e. The van der Waals surface area contributed by atoms with Gasteiger partial charge in [-0.25, -0.2) is 5.43 Å². The molecule has 0 saturated carbocycles. The van der Waals surface area contributed by atoms with E-state index in [9.17, 15) is 13.2 Å². The van der Waals surface area contributed by atoms with Crippen LogP contribution in [0.3, 0.4) is 0 Å². The number of hydrazine groups is 1. The van der Waals surface area contributed by atoms with Crippen LogP contribution in [0.15, 0.2) is 36.4 Å². The summed E-state index contributed by atoms with van der Waals surface area (Å²) in [6.07, 6.45) is -4.43. The molecule has 3 N–H and O–H groups in total. The molecule has 1 aromatic carbocycles. The van der Waals surface area contributed by atoms with Crippen LogP contribution in [0.1, 0.15) is 34.1 Å². The summed E-state index contributed by atoms with van der Waals surface area (Å²) in [6, 6.07) is 8.12. The van der Waals surface area contributed by atoms with Crippen molar-refractivity contribution in [2.75, 3.05) is 0 Å². The highest BCUT2D eigenvalue weighted by Gasteiger charge is 2.35. The number of hydrogen-bond acceptors (Lipinski definition) is 3. The van der Waals surface area contributed by atoms with E-state index in [-0.39, 0.29) is 5.56 Å². The van der Waals surface area contributed by atoms with Crippen LogP contribution in [0.2, 0.25) is 0 Å². The molecule has 0 aliphatic carbocycles. The lowest BCUT2D eigenvalue weighted by molar-refractivity contribution is -0.138. The van der Waals surface area contributed by atoms with Crippen molar-refractivity contribution in [2.24, 2.45) is 5.84 Å². The predicted octanol–water partition coefficient (Wildman–Crippen LogP) is 3.27. The fourth-order valence-corrected chi connectivity index (χ4v) is 2.41. The van der Waals surface area contributed by atoms with Crippen LogP contribution in [0.5, 0.6) is 0 Å². The Bertz CT molecular complexity index is 618. The third-order valence-corrected chi connectivity index (χ3v) is 3.18. The van der Waals surface area contributed by atoms with Crippen molar-refractivity contribution in [3.63, 3.8) is 0 Å². The molecular formula is C15H16F3N3. The van der Waals surface area contributed by atoms with E-state index in [4.69, 9.17) is 5.84 Å². The number of nitrogens with zero attached hydrogens (tertiary/aromatic N) is 1. The van der Waals surface area contributed by atoms with Crippen molar-refractivity contribution in [2.45, 2.75) is 26.1 Å². The summed E-state index contributed by atoms with van der Waals surface area (Å²) in [6.45, 7) is 3.58. The number of pyridine rings is 1. The van der Waals surface area contributed by atoms with Crippen molar-refractivity contribution < 1.29 is 13.2 Å². The van der Waals surface area contributed by atoms with E-state index in [0.29, 0.717) is 5.56 Å². The van der Waals surface area contributed by atoms with Crippen LogP contribution >= 0.6 is 0 Å². The van der Waals surface area contributed by atoms with E-state index in [0.717, 1.165) is 17.5 Å². The van der Waals surface area contributed by atoms with Crippen LogP contribution in [0.25, 0.3) is 0 Å². The Labute approximate surface area is 121 Å². The molecule has 0 radical (unpaired) electrons. The molecule has 2 rings (SSSR count). The number of aromatic nitrogens is 1. The second-order valence-corrected chi connectivity index (χ2v) is 4.87. The first-order valence-electron chi connectivity index (χ1n) is 6.40.